The van der Waals surface area contributed by atoms with E-state index < -0.39 is 0 Å². The molecule has 1 fully saturated rings. The highest BCUT2D eigenvalue weighted by molar-refractivity contribution is 5.75. The number of ether oxygens (including phenoxy) is 1. The largest absolute Gasteiger partial charge is 0.376 e. The molecule has 10 nitrogen and oxygen atoms in total. The van der Waals surface area contributed by atoms with Crippen molar-refractivity contribution in [2.45, 2.75) is 51.8 Å². The Kier molecular flexibility index (Phi) is 5.54. The van der Waals surface area contributed by atoms with Gasteiger partial charge in [-0.1, -0.05) is 5.16 Å². The first-order chi connectivity index (χ1) is 15.2. The van der Waals surface area contributed by atoms with E-state index in [1.807, 2.05) is 10.8 Å². The third kappa shape index (κ3) is 4.53. The van der Waals surface area contributed by atoms with Crippen molar-refractivity contribution in [3.8, 4) is 11.6 Å². The minimum atomic E-state index is 0.0717. The summed E-state index contributed by atoms with van der Waals surface area (Å²) >= 11 is 0. The van der Waals surface area contributed by atoms with Crippen LogP contribution in [0.1, 0.15) is 36.3 Å². The normalized spacial score (nSPS) is 15.8. The number of carbonyl (C=O) groups excluding carboxylic acids is 1. The third-order valence-corrected chi connectivity index (χ3v) is 5.93. The van der Waals surface area contributed by atoms with Gasteiger partial charge in [-0.3, -0.25) is 9.48 Å². The molecule has 2 aliphatic rings. The van der Waals surface area contributed by atoms with Gasteiger partial charge in [0.15, 0.2) is 11.5 Å². The van der Waals surface area contributed by atoms with Crippen molar-refractivity contribution in [3.63, 3.8) is 0 Å². The molecule has 0 unspecified atom stereocenters. The van der Waals surface area contributed by atoms with Crippen molar-refractivity contribution < 1.29 is 14.1 Å². The van der Waals surface area contributed by atoms with Crippen molar-refractivity contribution in [3.05, 3.63) is 35.8 Å². The van der Waals surface area contributed by atoms with E-state index in [9.17, 15) is 4.79 Å². The van der Waals surface area contributed by atoms with Crippen molar-refractivity contribution in [2.75, 3.05) is 20.2 Å². The van der Waals surface area contributed by atoms with Crippen LogP contribution in [0.2, 0.25) is 0 Å². The number of rotatable bonds is 9. The van der Waals surface area contributed by atoms with Crippen molar-refractivity contribution >= 4 is 5.91 Å². The zero-order valence-electron chi connectivity index (χ0n) is 17.7. The minimum Gasteiger partial charge on any atom is -0.376 e. The molecule has 164 valence electrons. The molecule has 10 heteroatoms. The van der Waals surface area contributed by atoms with Gasteiger partial charge in [0.25, 0.3) is 5.89 Å². The lowest BCUT2D eigenvalue weighted by atomic mass is 10.1. The lowest BCUT2D eigenvalue weighted by Crippen LogP contribution is -2.29. The second-order valence-corrected chi connectivity index (χ2v) is 8.33. The standard InChI is InChI=1S/C21H27N7O3/c1-26(19(29)5-9-27-10-7-22-14-27)8-4-18-23-21(31-25-18)20-16-13-30-11-6-17(16)28(24-20)12-15-2-3-15/h7,10,14-15H,2-6,8-9,11-13H2,1H3. The first-order valence-corrected chi connectivity index (χ1v) is 10.9. The lowest BCUT2D eigenvalue weighted by Gasteiger charge is -2.16. The minimum absolute atomic E-state index is 0.0717. The SMILES string of the molecule is CN(CCc1noc(-c2nn(CC3CC3)c3c2COCC3)n1)C(=O)CCn1ccnc1. The average Bonchev–Trinajstić information content (AvgIpc) is 3.18. The Morgan fingerprint density at radius 3 is 3.06 bits per heavy atom. The van der Waals surface area contributed by atoms with Gasteiger partial charge in [0.1, 0.15) is 0 Å². The highest BCUT2D eigenvalue weighted by Gasteiger charge is 2.29. The van der Waals surface area contributed by atoms with E-state index in [4.69, 9.17) is 14.4 Å². The summed E-state index contributed by atoms with van der Waals surface area (Å²) in [5.41, 5.74) is 3.03. The van der Waals surface area contributed by atoms with Crippen LogP contribution in [-0.4, -0.2) is 60.5 Å². The number of aromatic nitrogens is 6. The third-order valence-electron chi connectivity index (χ3n) is 5.93. The Morgan fingerprint density at radius 1 is 1.35 bits per heavy atom. The molecular formula is C21H27N7O3. The topological polar surface area (TPSA) is 104 Å². The van der Waals surface area contributed by atoms with Crippen molar-refractivity contribution in [1.29, 1.82) is 0 Å². The van der Waals surface area contributed by atoms with E-state index in [1.165, 1.54) is 18.5 Å². The number of fused-ring (bicyclic) bond motifs is 1. The van der Waals surface area contributed by atoms with Crippen LogP contribution in [-0.2, 0) is 42.1 Å². The summed E-state index contributed by atoms with van der Waals surface area (Å²) in [5, 5.41) is 8.91. The molecule has 0 bridgehead atoms. The number of carbonyl (C=O) groups is 1. The number of imidazole rings is 1. The predicted octanol–water partition coefficient (Wildman–Crippen LogP) is 1.70. The second kappa shape index (κ2) is 8.62. The van der Waals surface area contributed by atoms with E-state index in [0.29, 0.717) is 44.3 Å². The first kappa shape index (κ1) is 19.9. The number of hydrogen-bond donors (Lipinski definition) is 0. The molecule has 0 radical (unpaired) electrons. The molecule has 0 N–H and O–H groups in total. The molecule has 1 aliphatic carbocycles. The zero-order chi connectivity index (χ0) is 21.2. The Balaban J connectivity index is 1.21. The predicted molar refractivity (Wildman–Crippen MR) is 110 cm³/mol. The van der Waals surface area contributed by atoms with Crippen LogP contribution in [0.5, 0.6) is 0 Å². The second-order valence-electron chi connectivity index (χ2n) is 8.33. The Labute approximate surface area is 180 Å². The fourth-order valence-corrected chi connectivity index (χ4v) is 3.86. The number of hydrogen-bond acceptors (Lipinski definition) is 7. The summed E-state index contributed by atoms with van der Waals surface area (Å²) in [7, 11) is 1.80. The van der Waals surface area contributed by atoms with Gasteiger partial charge >= 0.3 is 0 Å². The summed E-state index contributed by atoms with van der Waals surface area (Å²) in [5.74, 6) is 1.81. The Hall–Kier alpha value is -3.01. The quantitative estimate of drug-likeness (QED) is 0.514. The molecule has 3 aromatic heterocycles. The molecule has 31 heavy (non-hydrogen) atoms. The van der Waals surface area contributed by atoms with Gasteiger partial charge in [0.05, 0.1) is 19.5 Å². The number of nitrogens with zero attached hydrogens (tertiary/aromatic N) is 7. The van der Waals surface area contributed by atoms with Crippen LogP contribution in [0.3, 0.4) is 0 Å². The highest BCUT2D eigenvalue weighted by atomic mass is 16.5. The molecule has 1 aliphatic heterocycles. The van der Waals surface area contributed by atoms with Crippen LogP contribution in [0, 0.1) is 5.92 Å². The number of aryl methyl sites for hydroxylation is 1. The number of amides is 1. The lowest BCUT2D eigenvalue weighted by molar-refractivity contribution is -0.130. The molecule has 0 spiro atoms. The van der Waals surface area contributed by atoms with Crippen molar-refractivity contribution in [2.24, 2.45) is 5.92 Å². The molecule has 4 heterocycles. The van der Waals surface area contributed by atoms with Gasteiger partial charge in [-0.05, 0) is 18.8 Å². The smallest absolute Gasteiger partial charge is 0.278 e. The highest BCUT2D eigenvalue weighted by Crippen LogP contribution is 2.34. The molecule has 1 amide bonds. The van der Waals surface area contributed by atoms with Gasteiger partial charge in [-0.2, -0.15) is 10.1 Å². The van der Waals surface area contributed by atoms with E-state index in [2.05, 4.69) is 19.8 Å². The van der Waals surface area contributed by atoms with Gasteiger partial charge in [0, 0.05) is 69.6 Å². The molecular weight excluding hydrogens is 398 g/mol. The summed E-state index contributed by atoms with van der Waals surface area (Å²) in [6.45, 7) is 3.35. The first-order valence-electron chi connectivity index (χ1n) is 10.9. The molecule has 0 atom stereocenters. The van der Waals surface area contributed by atoms with Gasteiger partial charge in [0.2, 0.25) is 5.91 Å². The Bertz CT molecular complexity index is 1040. The van der Waals surface area contributed by atoms with Gasteiger partial charge in [-0.25, -0.2) is 4.98 Å². The van der Waals surface area contributed by atoms with Crippen LogP contribution in [0.15, 0.2) is 23.2 Å². The maximum Gasteiger partial charge on any atom is 0.278 e. The van der Waals surface area contributed by atoms with E-state index in [0.717, 1.165) is 36.7 Å². The van der Waals surface area contributed by atoms with Crippen LogP contribution in [0.4, 0.5) is 0 Å². The summed E-state index contributed by atoms with van der Waals surface area (Å²) in [6, 6.07) is 0. The Morgan fingerprint density at radius 2 is 2.26 bits per heavy atom. The van der Waals surface area contributed by atoms with E-state index in [-0.39, 0.29) is 5.91 Å². The fraction of sp³-hybridized carbons (Fsp3) is 0.571. The fourth-order valence-electron chi connectivity index (χ4n) is 3.86. The maximum atomic E-state index is 12.3. The van der Waals surface area contributed by atoms with Crippen molar-refractivity contribution in [1.82, 2.24) is 34.4 Å². The molecule has 1 saturated carbocycles. The van der Waals surface area contributed by atoms with Crippen LogP contribution >= 0.6 is 0 Å². The summed E-state index contributed by atoms with van der Waals surface area (Å²) in [4.78, 5) is 22.6. The van der Waals surface area contributed by atoms with E-state index >= 15 is 0 Å². The maximum absolute atomic E-state index is 12.3. The monoisotopic (exact) mass is 425 g/mol. The molecule has 0 saturated heterocycles. The molecule has 5 rings (SSSR count). The van der Waals surface area contributed by atoms with E-state index in [1.54, 1.807) is 24.5 Å². The van der Waals surface area contributed by atoms with Crippen LogP contribution in [0.25, 0.3) is 11.6 Å². The molecule has 0 aromatic carbocycles. The van der Waals surface area contributed by atoms with Crippen LogP contribution < -0.4 is 0 Å². The molecule has 3 aromatic rings. The summed E-state index contributed by atoms with van der Waals surface area (Å²) in [6.07, 6.45) is 9.64. The van der Waals surface area contributed by atoms with Gasteiger partial charge < -0.3 is 18.7 Å². The number of likely N-dealkylation sites (N-methyl/N-ethyl adjacent to an activating group) is 1. The average molecular weight is 425 g/mol. The summed E-state index contributed by atoms with van der Waals surface area (Å²) < 4.78 is 15.2. The van der Waals surface area contributed by atoms with Gasteiger partial charge in [-0.15, -0.1) is 0 Å². The zero-order valence-corrected chi connectivity index (χ0v) is 17.7.